The average Bonchev–Trinajstić information content (AvgIpc) is 2.49. The van der Waals surface area contributed by atoms with Gasteiger partial charge in [0.25, 0.3) is 0 Å². The summed E-state index contributed by atoms with van der Waals surface area (Å²) in [6.45, 7) is 3.50. The van der Waals surface area contributed by atoms with E-state index in [1.807, 2.05) is 6.07 Å². The fraction of sp³-hybridized carbons (Fsp3) is 0.300. The Bertz CT molecular complexity index is 320. The molecule has 0 fully saturated rings. The van der Waals surface area contributed by atoms with Crippen molar-refractivity contribution >= 4 is 6.72 Å². The van der Waals surface area contributed by atoms with Gasteiger partial charge in [0.1, 0.15) is 5.82 Å². The lowest BCUT2D eigenvalue weighted by molar-refractivity contribution is 0.612. The van der Waals surface area contributed by atoms with Crippen LogP contribution in [0.15, 0.2) is 23.2 Å². The van der Waals surface area contributed by atoms with Crippen LogP contribution in [0.1, 0.15) is 23.6 Å². The van der Waals surface area contributed by atoms with E-state index >= 15 is 0 Å². The van der Waals surface area contributed by atoms with Gasteiger partial charge in [-0.1, -0.05) is 12.1 Å². The second kappa shape index (κ2) is 2.70. The molecule has 1 aliphatic carbocycles. The van der Waals surface area contributed by atoms with Gasteiger partial charge in [0, 0.05) is 0 Å². The fourth-order valence-corrected chi connectivity index (χ4v) is 1.78. The summed E-state index contributed by atoms with van der Waals surface area (Å²) >= 11 is 0. The topological polar surface area (TPSA) is 12.4 Å². The number of rotatable bonds is 1. The minimum atomic E-state index is -0.0985. The number of fused-ring (bicyclic) bond motifs is 1. The molecule has 1 atom stereocenters. The molecular formula is C10H10FN. The molecule has 0 saturated carbocycles. The molecule has 0 aromatic heterocycles. The minimum absolute atomic E-state index is 0.0985. The lowest BCUT2D eigenvalue weighted by Gasteiger charge is -2.03. The Morgan fingerprint density at radius 3 is 3.08 bits per heavy atom. The van der Waals surface area contributed by atoms with E-state index in [4.69, 9.17) is 0 Å². The van der Waals surface area contributed by atoms with E-state index in [9.17, 15) is 4.39 Å². The van der Waals surface area contributed by atoms with Crippen LogP contribution in [0.2, 0.25) is 0 Å². The molecule has 0 spiro atoms. The average molecular weight is 163 g/mol. The van der Waals surface area contributed by atoms with E-state index in [-0.39, 0.29) is 11.9 Å². The van der Waals surface area contributed by atoms with E-state index < -0.39 is 0 Å². The van der Waals surface area contributed by atoms with Crippen LogP contribution in [0.4, 0.5) is 4.39 Å². The third-order valence-corrected chi connectivity index (χ3v) is 2.40. The summed E-state index contributed by atoms with van der Waals surface area (Å²) in [5.74, 6) is -0.0985. The summed E-state index contributed by atoms with van der Waals surface area (Å²) in [5, 5.41) is 0. The molecule has 0 saturated heterocycles. The van der Waals surface area contributed by atoms with E-state index in [0.717, 1.165) is 24.0 Å². The highest BCUT2D eigenvalue weighted by Crippen LogP contribution is 2.34. The zero-order valence-corrected chi connectivity index (χ0v) is 6.76. The normalized spacial score (nSPS) is 20.6. The van der Waals surface area contributed by atoms with Crippen LogP contribution in [0.5, 0.6) is 0 Å². The maximum Gasteiger partial charge on any atom is 0.126 e. The van der Waals surface area contributed by atoms with Gasteiger partial charge < -0.3 is 0 Å². The lowest BCUT2D eigenvalue weighted by atomic mass is 10.1. The van der Waals surface area contributed by atoms with Crippen molar-refractivity contribution in [3.05, 3.63) is 35.1 Å². The zero-order chi connectivity index (χ0) is 8.55. The number of hydrogen-bond donors (Lipinski definition) is 0. The van der Waals surface area contributed by atoms with Crippen molar-refractivity contribution in [1.82, 2.24) is 0 Å². The first-order valence-electron chi connectivity index (χ1n) is 4.06. The largest absolute Gasteiger partial charge is 0.293 e. The van der Waals surface area contributed by atoms with Gasteiger partial charge in [-0.15, -0.1) is 0 Å². The first-order chi connectivity index (χ1) is 5.83. The number of halogens is 1. The molecule has 0 amide bonds. The number of nitrogens with zero attached hydrogens (tertiary/aromatic N) is 1. The van der Waals surface area contributed by atoms with Crippen molar-refractivity contribution < 1.29 is 4.39 Å². The van der Waals surface area contributed by atoms with Gasteiger partial charge in [-0.25, -0.2) is 4.39 Å². The first-order valence-corrected chi connectivity index (χ1v) is 4.06. The van der Waals surface area contributed by atoms with Gasteiger partial charge in [0.15, 0.2) is 0 Å². The van der Waals surface area contributed by atoms with Crippen molar-refractivity contribution in [2.24, 2.45) is 4.99 Å². The molecule has 0 radical (unpaired) electrons. The van der Waals surface area contributed by atoms with Crippen LogP contribution in [-0.2, 0) is 6.42 Å². The predicted octanol–water partition coefficient (Wildman–Crippen LogP) is 2.51. The molecule has 2 rings (SSSR count). The second-order valence-electron chi connectivity index (χ2n) is 3.04. The highest BCUT2D eigenvalue weighted by Gasteiger charge is 2.22. The van der Waals surface area contributed by atoms with Crippen molar-refractivity contribution in [1.29, 1.82) is 0 Å². The van der Waals surface area contributed by atoms with Gasteiger partial charge in [0.05, 0.1) is 6.04 Å². The van der Waals surface area contributed by atoms with E-state index in [2.05, 4.69) is 11.7 Å². The number of aliphatic imine (C=N–C) groups is 1. The van der Waals surface area contributed by atoms with Crippen LogP contribution in [0, 0.1) is 5.82 Å². The predicted molar refractivity (Wildman–Crippen MR) is 47.0 cm³/mol. The molecule has 1 aliphatic rings. The fourth-order valence-electron chi connectivity index (χ4n) is 1.78. The summed E-state index contributed by atoms with van der Waals surface area (Å²) < 4.78 is 13.1. The van der Waals surface area contributed by atoms with Gasteiger partial charge in [-0.05, 0) is 36.8 Å². The Kier molecular flexibility index (Phi) is 1.68. The highest BCUT2D eigenvalue weighted by molar-refractivity contribution is 5.38. The lowest BCUT2D eigenvalue weighted by Crippen LogP contribution is -1.89. The van der Waals surface area contributed by atoms with Crippen molar-refractivity contribution in [2.75, 3.05) is 0 Å². The molecule has 2 heteroatoms. The third kappa shape index (κ3) is 0.951. The molecule has 12 heavy (non-hydrogen) atoms. The molecule has 0 aliphatic heterocycles. The Balaban J connectivity index is 2.52. The smallest absolute Gasteiger partial charge is 0.126 e. The highest BCUT2D eigenvalue weighted by atomic mass is 19.1. The maximum atomic E-state index is 13.1. The van der Waals surface area contributed by atoms with Gasteiger partial charge in [-0.2, -0.15) is 0 Å². The van der Waals surface area contributed by atoms with Crippen LogP contribution in [0.25, 0.3) is 0 Å². The molecule has 0 N–H and O–H groups in total. The van der Waals surface area contributed by atoms with Crippen molar-refractivity contribution in [3.63, 3.8) is 0 Å². The Morgan fingerprint density at radius 1 is 1.50 bits per heavy atom. The van der Waals surface area contributed by atoms with Crippen molar-refractivity contribution in [3.8, 4) is 0 Å². The molecule has 1 nitrogen and oxygen atoms in total. The van der Waals surface area contributed by atoms with E-state index in [1.54, 1.807) is 6.07 Å². The van der Waals surface area contributed by atoms with Crippen LogP contribution in [-0.4, -0.2) is 6.72 Å². The molecule has 1 unspecified atom stereocenters. The molecule has 0 heterocycles. The number of hydrogen-bond acceptors (Lipinski definition) is 1. The Hall–Kier alpha value is -1.18. The Morgan fingerprint density at radius 2 is 2.33 bits per heavy atom. The molecule has 62 valence electrons. The monoisotopic (exact) mass is 163 g/mol. The zero-order valence-electron chi connectivity index (χ0n) is 6.76. The molecule has 0 bridgehead atoms. The van der Waals surface area contributed by atoms with Crippen LogP contribution >= 0.6 is 0 Å². The van der Waals surface area contributed by atoms with Crippen molar-refractivity contribution in [2.45, 2.75) is 18.9 Å². The van der Waals surface area contributed by atoms with E-state index in [0.29, 0.717) is 0 Å². The van der Waals surface area contributed by atoms with Gasteiger partial charge >= 0.3 is 0 Å². The third-order valence-electron chi connectivity index (χ3n) is 2.40. The quantitative estimate of drug-likeness (QED) is 0.564. The van der Waals surface area contributed by atoms with Gasteiger partial charge in [0.2, 0.25) is 0 Å². The SMILES string of the molecule is C=NC1CCc2c(F)cccc21. The molecular weight excluding hydrogens is 153 g/mol. The first kappa shape index (κ1) is 7.47. The summed E-state index contributed by atoms with van der Waals surface area (Å²) in [6, 6.07) is 5.29. The number of benzene rings is 1. The van der Waals surface area contributed by atoms with E-state index in [1.165, 1.54) is 6.07 Å². The summed E-state index contributed by atoms with van der Waals surface area (Å²) in [6.07, 6.45) is 1.70. The summed E-state index contributed by atoms with van der Waals surface area (Å²) in [4.78, 5) is 3.95. The Labute approximate surface area is 70.9 Å². The van der Waals surface area contributed by atoms with Crippen LogP contribution in [0.3, 0.4) is 0 Å². The summed E-state index contributed by atoms with van der Waals surface area (Å²) in [7, 11) is 0. The second-order valence-corrected chi connectivity index (χ2v) is 3.04. The van der Waals surface area contributed by atoms with Gasteiger partial charge in [-0.3, -0.25) is 4.99 Å². The minimum Gasteiger partial charge on any atom is -0.293 e. The molecule has 1 aromatic rings. The van der Waals surface area contributed by atoms with Crippen LogP contribution < -0.4 is 0 Å². The standard InChI is InChI=1S/C10H10FN/c1-12-10-6-5-7-8(10)3-2-4-9(7)11/h2-4,10H,1,5-6H2. The molecule has 1 aromatic carbocycles. The summed E-state index contributed by atoms with van der Waals surface area (Å²) in [5.41, 5.74) is 1.85. The maximum absolute atomic E-state index is 13.1.